The van der Waals surface area contributed by atoms with Crippen LogP contribution in [0.5, 0.6) is 0 Å². The first-order valence-electron chi connectivity index (χ1n) is 4.03. The summed E-state index contributed by atoms with van der Waals surface area (Å²) in [5, 5.41) is 0. The number of nitrogens with one attached hydrogen (secondary N) is 1. The van der Waals surface area contributed by atoms with Crippen LogP contribution >= 0.6 is 23.4 Å². The zero-order valence-electron chi connectivity index (χ0n) is 7.14. The smallest absolute Gasteiger partial charge is 0.116 e. The average Bonchev–Trinajstić information content (AvgIpc) is 2.53. The van der Waals surface area contributed by atoms with Crippen molar-refractivity contribution in [3.8, 4) is 0 Å². The van der Waals surface area contributed by atoms with Crippen molar-refractivity contribution in [1.82, 2.24) is 9.97 Å². The van der Waals surface area contributed by atoms with E-state index in [1.165, 1.54) is 12.2 Å². The standard InChI is InChI=1S/C8H13ClN2S/c1-2-3-12-6-8-10-5-7(4-9)11-8/h5H,2-4,6H2,1H3,(H,10,11). The van der Waals surface area contributed by atoms with Crippen molar-refractivity contribution in [2.75, 3.05) is 5.75 Å². The number of nitrogens with zero attached hydrogens (tertiary/aromatic N) is 1. The molecule has 68 valence electrons. The van der Waals surface area contributed by atoms with Gasteiger partial charge in [-0.3, -0.25) is 0 Å². The summed E-state index contributed by atoms with van der Waals surface area (Å²) in [5.41, 5.74) is 1.00. The molecule has 1 heterocycles. The summed E-state index contributed by atoms with van der Waals surface area (Å²) in [4.78, 5) is 7.36. The number of thioether (sulfide) groups is 1. The lowest BCUT2D eigenvalue weighted by Gasteiger charge is -1.94. The van der Waals surface area contributed by atoms with Crippen LogP contribution in [0.25, 0.3) is 0 Å². The lowest BCUT2D eigenvalue weighted by molar-refractivity contribution is 1.07. The maximum Gasteiger partial charge on any atom is 0.116 e. The quantitative estimate of drug-likeness (QED) is 0.590. The van der Waals surface area contributed by atoms with E-state index in [4.69, 9.17) is 11.6 Å². The highest BCUT2D eigenvalue weighted by Crippen LogP contribution is 2.10. The van der Waals surface area contributed by atoms with Gasteiger partial charge in [0.2, 0.25) is 0 Å². The number of hydrogen-bond donors (Lipinski definition) is 1. The monoisotopic (exact) mass is 204 g/mol. The fourth-order valence-electron chi connectivity index (χ4n) is 0.860. The molecule has 1 aromatic rings. The van der Waals surface area contributed by atoms with Crippen LogP contribution in [-0.4, -0.2) is 15.7 Å². The van der Waals surface area contributed by atoms with E-state index in [-0.39, 0.29) is 0 Å². The Hall–Kier alpha value is -0.150. The van der Waals surface area contributed by atoms with Crippen molar-refractivity contribution in [2.45, 2.75) is 25.0 Å². The highest BCUT2D eigenvalue weighted by Gasteiger charge is 1.98. The highest BCUT2D eigenvalue weighted by molar-refractivity contribution is 7.98. The van der Waals surface area contributed by atoms with E-state index in [1.54, 1.807) is 6.20 Å². The Kier molecular flexibility index (Phi) is 4.54. The number of halogens is 1. The topological polar surface area (TPSA) is 28.7 Å². The second-order valence-electron chi connectivity index (χ2n) is 2.54. The minimum absolute atomic E-state index is 0.519. The molecule has 0 saturated heterocycles. The van der Waals surface area contributed by atoms with Gasteiger partial charge in [-0.05, 0) is 12.2 Å². The van der Waals surface area contributed by atoms with Crippen molar-refractivity contribution in [3.63, 3.8) is 0 Å². The second kappa shape index (κ2) is 5.49. The molecule has 12 heavy (non-hydrogen) atoms. The van der Waals surface area contributed by atoms with Crippen LogP contribution < -0.4 is 0 Å². The number of alkyl halides is 1. The second-order valence-corrected chi connectivity index (χ2v) is 3.91. The highest BCUT2D eigenvalue weighted by atomic mass is 35.5. The van der Waals surface area contributed by atoms with Crippen LogP contribution in [-0.2, 0) is 11.6 Å². The first kappa shape index (κ1) is 9.93. The lowest BCUT2D eigenvalue weighted by Crippen LogP contribution is -1.85. The summed E-state index contributed by atoms with van der Waals surface area (Å²) >= 11 is 7.52. The van der Waals surface area contributed by atoms with E-state index < -0.39 is 0 Å². The maximum absolute atomic E-state index is 5.62. The Morgan fingerprint density at radius 3 is 3.08 bits per heavy atom. The fourth-order valence-corrected chi connectivity index (χ4v) is 1.77. The lowest BCUT2D eigenvalue weighted by atomic mass is 10.6. The Morgan fingerprint density at radius 1 is 1.67 bits per heavy atom. The van der Waals surface area contributed by atoms with Crippen molar-refractivity contribution >= 4 is 23.4 Å². The van der Waals surface area contributed by atoms with Gasteiger partial charge in [-0.1, -0.05) is 6.92 Å². The molecule has 0 aromatic carbocycles. The Bertz CT molecular complexity index is 225. The van der Waals surface area contributed by atoms with Gasteiger partial charge in [0.15, 0.2) is 0 Å². The number of H-pyrrole nitrogens is 1. The molecule has 0 fully saturated rings. The number of aromatic amines is 1. The SMILES string of the molecule is CCCSCc1ncc(CCl)[nH]1. The fraction of sp³-hybridized carbons (Fsp3) is 0.625. The molecule has 0 atom stereocenters. The van der Waals surface area contributed by atoms with Gasteiger partial charge in [0.05, 0.1) is 11.6 Å². The summed E-state index contributed by atoms with van der Waals surface area (Å²) < 4.78 is 0. The number of aromatic nitrogens is 2. The van der Waals surface area contributed by atoms with Crippen LogP contribution in [0, 0.1) is 0 Å². The van der Waals surface area contributed by atoms with Crippen LogP contribution in [0.15, 0.2) is 6.20 Å². The van der Waals surface area contributed by atoms with Crippen molar-refractivity contribution in [2.24, 2.45) is 0 Å². The molecule has 2 nitrogen and oxygen atoms in total. The van der Waals surface area contributed by atoms with E-state index in [0.717, 1.165) is 17.3 Å². The summed E-state index contributed by atoms with van der Waals surface area (Å²) in [6.45, 7) is 2.18. The van der Waals surface area contributed by atoms with Crippen LogP contribution in [0.1, 0.15) is 24.9 Å². The van der Waals surface area contributed by atoms with E-state index in [0.29, 0.717) is 5.88 Å². The van der Waals surface area contributed by atoms with E-state index in [2.05, 4.69) is 16.9 Å². The first-order valence-corrected chi connectivity index (χ1v) is 5.72. The number of rotatable bonds is 5. The Labute approximate surface area is 82.1 Å². The van der Waals surface area contributed by atoms with Crippen molar-refractivity contribution in [3.05, 3.63) is 17.7 Å². The van der Waals surface area contributed by atoms with Gasteiger partial charge in [-0.15, -0.1) is 11.6 Å². The molecule has 4 heteroatoms. The van der Waals surface area contributed by atoms with Gasteiger partial charge in [-0.2, -0.15) is 11.8 Å². The molecule has 0 radical (unpaired) electrons. The summed E-state index contributed by atoms with van der Waals surface area (Å²) in [6.07, 6.45) is 3.02. The van der Waals surface area contributed by atoms with Gasteiger partial charge in [0, 0.05) is 11.9 Å². The molecular weight excluding hydrogens is 192 g/mol. The molecule has 0 aliphatic heterocycles. The van der Waals surface area contributed by atoms with E-state index in [9.17, 15) is 0 Å². The third kappa shape index (κ3) is 3.07. The van der Waals surface area contributed by atoms with Gasteiger partial charge in [-0.25, -0.2) is 4.98 Å². The molecule has 0 bridgehead atoms. The molecule has 0 unspecified atom stereocenters. The number of hydrogen-bond acceptors (Lipinski definition) is 2. The van der Waals surface area contributed by atoms with Crippen LogP contribution in [0.2, 0.25) is 0 Å². The largest absolute Gasteiger partial charge is 0.344 e. The average molecular weight is 205 g/mol. The van der Waals surface area contributed by atoms with Gasteiger partial charge >= 0.3 is 0 Å². The first-order chi connectivity index (χ1) is 5.86. The molecule has 0 amide bonds. The van der Waals surface area contributed by atoms with Crippen LogP contribution in [0.4, 0.5) is 0 Å². The molecule has 0 saturated carbocycles. The Morgan fingerprint density at radius 2 is 2.50 bits per heavy atom. The summed E-state index contributed by atoms with van der Waals surface area (Å²) in [7, 11) is 0. The maximum atomic E-state index is 5.62. The molecule has 1 rings (SSSR count). The predicted octanol–water partition coefficient (Wildman–Crippen LogP) is 2.79. The molecule has 1 aromatic heterocycles. The van der Waals surface area contributed by atoms with Gasteiger partial charge in [0.25, 0.3) is 0 Å². The Balaban J connectivity index is 2.31. The zero-order valence-corrected chi connectivity index (χ0v) is 8.71. The predicted molar refractivity (Wildman–Crippen MR) is 54.6 cm³/mol. The minimum atomic E-state index is 0.519. The third-order valence-electron chi connectivity index (χ3n) is 1.41. The zero-order chi connectivity index (χ0) is 8.81. The third-order valence-corrected chi connectivity index (χ3v) is 2.87. The summed E-state index contributed by atoms with van der Waals surface area (Å²) in [6, 6.07) is 0. The number of imidazole rings is 1. The molecule has 1 N–H and O–H groups in total. The normalized spacial score (nSPS) is 10.5. The summed E-state index contributed by atoms with van der Waals surface area (Å²) in [5.74, 6) is 3.71. The molecule has 0 aliphatic rings. The van der Waals surface area contributed by atoms with Gasteiger partial charge in [0.1, 0.15) is 5.82 Å². The van der Waals surface area contributed by atoms with Crippen molar-refractivity contribution in [1.29, 1.82) is 0 Å². The van der Waals surface area contributed by atoms with Crippen LogP contribution in [0.3, 0.4) is 0 Å². The molecular formula is C8H13ClN2S. The van der Waals surface area contributed by atoms with Gasteiger partial charge < -0.3 is 4.98 Å². The van der Waals surface area contributed by atoms with E-state index in [1.807, 2.05) is 11.8 Å². The van der Waals surface area contributed by atoms with E-state index >= 15 is 0 Å². The van der Waals surface area contributed by atoms with Crippen molar-refractivity contribution < 1.29 is 0 Å². The minimum Gasteiger partial charge on any atom is -0.344 e. The molecule has 0 aliphatic carbocycles. The molecule has 0 spiro atoms.